The Morgan fingerprint density at radius 1 is 1.43 bits per heavy atom. The third kappa shape index (κ3) is 5.14. The SMILES string of the molecule is C=CC=CC.COC(=O)C1C=CC=C1. The Morgan fingerprint density at radius 2 is 2.00 bits per heavy atom. The summed E-state index contributed by atoms with van der Waals surface area (Å²) in [6.07, 6.45) is 12.8. The van der Waals surface area contributed by atoms with Crippen molar-refractivity contribution in [2.45, 2.75) is 6.92 Å². The van der Waals surface area contributed by atoms with E-state index in [2.05, 4.69) is 11.3 Å². The van der Waals surface area contributed by atoms with Gasteiger partial charge < -0.3 is 4.74 Å². The first-order valence-corrected chi connectivity index (χ1v) is 4.42. The molecule has 0 heterocycles. The van der Waals surface area contributed by atoms with Crippen molar-refractivity contribution in [3.63, 3.8) is 0 Å². The summed E-state index contributed by atoms with van der Waals surface area (Å²) < 4.78 is 4.49. The fraction of sp³-hybridized carbons (Fsp3) is 0.250. The van der Waals surface area contributed by atoms with Crippen molar-refractivity contribution in [2.24, 2.45) is 5.92 Å². The number of hydrogen-bond acceptors (Lipinski definition) is 2. The molecule has 0 saturated carbocycles. The zero-order valence-electron chi connectivity index (χ0n) is 8.64. The van der Waals surface area contributed by atoms with Gasteiger partial charge in [0, 0.05) is 0 Å². The Bertz CT molecular complexity index is 247. The molecule has 76 valence electrons. The molecule has 0 amide bonds. The van der Waals surface area contributed by atoms with Gasteiger partial charge in [-0.05, 0) is 6.92 Å². The summed E-state index contributed by atoms with van der Waals surface area (Å²) in [5, 5.41) is 0. The maximum Gasteiger partial charge on any atom is 0.316 e. The van der Waals surface area contributed by atoms with Crippen molar-refractivity contribution in [1.29, 1.82) is 0 Å². The Hall–Kier alpha value is -1.57. The highest BCUT2D eigenvalue weighted by atomic mass is 16.5. The van der Waals surface area contributed by atoms with Gasteiger partial charge in [-0.2, -0.15) is 0 Å². The Morgan fingerprint density at radius 3 is 2.29 bits per heavy atom. The highest BCUT2D eigenvalue weighted by Crippen LogP contribution is 2.09. The molecule has 0 N–H and O–H groups in total. The molecule has 14 heavy (non-hydrogen) atoms. The van der Waals surface area contributed by atoms with Gasteiger partial charge in [0.05, 0.1) is 13.0 Å². The molecule has 0 bridgehead atoms. The van der Waals surface area contributed by atoms with Crippen molar-refractivity contribution in [3.05, 3.63) is 49.1 Å². The van der Waals surface area contributed by atoms with Gasteiger partial charge in [-0.25, -0.2) is 0 Å². The second kappa shape index (κ2) is 8.05. The standard InChI is InChI=1S/C7H8O2.C5H8/c1-9-7(8)6-4-2-3-5-6;1-3-5-4-2/h2-6H,1H3;3-5H,1H2,2H3. The number of esters is 1. The van der Waals surface area contributed by atoms with Crippen LogP contribution in [0, 0.1) is 5.92 Å². The Balaban J connectivity index is 0.000000292. The summed E-state index contributed by atoms with van der Waals surface area (Å²) in [7, 11) is 1.39. The van der Waals surface area contributed by atoms with Crippen LogP contribution in [0.4, 0.5) is 0 Å². The molecule has 0 aliphatic heterocycles. The van der Waals surface area contributed by atoms with Crippen LogP contribution in [0.1, 0.15) is 6.92 Å². The van der Waals surface area contributed by atoms with E-state index in [1.54, 1.807) is 18.2 Å². The monoisotopic (exact) mass is 192 g/mol. The van der Waals surface area contributed by atoms with Crippen molar-refractivity contribution < 1.29 is 9.53 Å². The highest BCUT2D eigenvalue weighted by molar-refractivity contribution is 5.77. The van der Waals surface area contributed by atoms with E-state index in [-0.39, 0.29) is 11.9 Å². The van der Waals surface area contributed by atoms with Crippen LogP contribution in [0.15, 0.2) is 49.1 Å². The molecule has 0 unspecified atom stereocenters. The topological polar surface area (TPSA) is 26.3 Å². The molecule has 0 radical (unpaired) electrons. The first kappa shape index (κ1) is 12.4. The van der Waals surface area contributed by atoms with E-state index >= 15 is 0 Å². The number of hydrogen-bond donors (Lipinski definition) is 0. The molecule has 0 aromatic heterocycles. The maximum atomic E-state index is 10.7. The van der Waals surface area contributed by atoms with Gasteiger partial charge in [-0.15, -0.1) is 0 Å². The summed E-state index contributed by atoms with van der Waals surface area (Å²) in [6, 6.07) is 0. The number of carbonyl (C=O) groups excluding carboxylic acids is 1. The molecule has 1 aliphatic carbocycles. The van der Waals surface area contributed by atoms with Crippen LogP contribution < -0.4 is 0 Å². The van der Waals surface area contributed by atoms with Gasteiger partial charge in [0.1, 0.15) is 0 Å². The molecule has 0 atom stereocenters. The van der Waals surface area contributed by atoms with E-state index in [1.807, 2.05) is 31.2 Å². The van der Waals surface area contributed by atoms with Gasteiger partial charge in [-0.3, -0.25) is 4.79 Å². The van der Waals surface area contributed by atoms with E-state index in [1.165, 1.54) is 7.11 Å². The molecular formula is C12H16O2. The minimum Gasteiger partial charge on any atom is -0.468 e. The average Bonchev–Trinajstić information content (AvgIpc) is 2.72. The maximum absolute atomic E-state index is 10.7. The van der Waals surface area contributed by atoms with Crippen LogP contribution in [-0.2, 0) is 9.53 Å². The van der Waals surface area contributed by atoms with Gasteiger partial charge >= 0.3 is 5.97 Å². The fourth-order valence-electron chi connectivity index (χ4n) is 0.861. The minimum absolute atomic E-state index is 0.144. The molecule has 0 saturated heterocycles. The van der Waals surface area contributed by atoms with Crippen LogP contribution in [0.3, 0.4) is 0 Å². The molecule has 2 heteroatoms. The summed E-state index contributed by atoms with van der Waals surface area (Å²) in [5.74, 6) is -0.338. The third-order valence-electron chi connectivity index (χ3n) is 1.55. The summed E-state index contributed by atoms with van der Waals surface area (Å²) in [4.78, 5) is 10.7. The van der Waals surface area contributed by atoms with Crippen molar-refractivity contribution >= 4 is 5.97 Å². The van der Waals surface area contributed by atoms with Crippen LogP contribution in [0.5, 0.6) is 0 Å². The van der Waals surface area contributed by atoms with Gasteiger partial charge in [0.2, 0.25) is 0 Å². The van der Waals surface area contributed by atoms with Gasteiger partial charge in [0.25, 0.3) is 0 Å². The normalized spacial score (nSPS) is 13.9. The van der Waals surface area contributed by atoms with E-state index < -0.39 is 0 Å². The average molecular weight is 192 g/mol. The highest BCUT2D eigenvalue weighted by Gasteiger charge is 2.12. The van der Waals surface area contributed by atoms with Crippen LogP contribution in [-0.4, -0.2) is 13.1 Å². The Kier molecular flexibility index (Phi) is 7.15. The lowest BCUT2D eigenvalue weighted by Crippen LogP contribution is -2.09. The Labute approximate surface area is 85.3 Å². The predicted octanol–water partition coefficient (Wildman–Crippen LogP) is 2.65. The number of rotatable bonds is 2. The number of allylic oxidation sites excluding steroid dienone is 5. The van der Waals surface area contributed by atoms with E-state index in [9.17, 15) is 4.79 Å². The van der Waals surface area contributed by atoms with E-state index in [0.717, 1.165) is 0 Å². The number of methoxy groups -OCH3 is 1. The largest absolute Gasteiger partial charge is 0.468 e. The van der Waals surface area contributed by atoms with Crippen molar-refractivity contribution in [3.8, 4) is 0 Å². The van der Waals surface area contributed by atoms with Crippen molar-refractivity contribution in [2.75, 3.05) is 7.11 Å². The second-order valence-electron chi connectivity index (χ2n) is 2.58. The zero-order chi connectivity index (χ0) is 10.8. The first-order valence-electron chi connectivity index (χ1n) is 4.42. The summed E-state index contributed by atoms with van der Waals surface area (Å²) in [6.45, 7) is 5.42. The number of carbonyl (C=O) groups is 1. The summed E-state index contributed by atoms with van der Waals surface area (Å²) >= 11 is 0. The quantitative estimate of drug-likeness (QED) is 0.496. The number of ether oxygens (including phenoxy) is 1. The lowest BCUT2D eigenvalue weighted by molar-refractivity contribution is -0.142. The smallest absolute Gasteiger partial charge is 0.316 e. The zero-order valence-corrected chi connectivity index (χ0v) is 8.64. The lowest BCUT2D eigenvalue weighted by atomic mass is 10.2. The van der Waals surface area contributed by atoms with Crippen LogP contribution in [0.25, 0.3) is 0 Å². The molecule has 0 spiro atoms. The third-order valence-corrected chi connectivity index (χ3v) is 1.55. The molecule has 0 aromatic carbocycles. The molecule has 2 nitrogen and oxygen atoms in total. The molecular weight excluding hydrogens is 176 g/mol. The molecule has 1 rings (SSSR count). The first-order chi connectivity index (χ1) is 6.76. The van der Waals surface area contributed by atoms with E-state index in [0.29, 0.717) is 0 Å². The summed E-state index contributed by atoms with van der Waals surface area (Å²) in [5.41, 5.74) is 0. The molecule has 1 aliphatic rings. The molecule has 0 aromatic rings. The molecule has 0 fully saturated rings. The predicted molar refractivity (Wildman–Crippen MR) is 58.8 cm³/mol. The van der Waals surface area contributed by atoms with E-state index in [4.69, 9.17) is 0 Å². The minimum atomic E-state index is -0.194. The van der Waals surface area contributed by atoms with Gasteiger partial charge in [-0.1, -0.05) is 49.1 Å². The van der Waals surface area contributed by atoms with Gasteiger partial charge in [0.15, 0.2) is 0 Å². The van der Waals surface area contributed by atoms with Crippen molar-refractivity contribution in [1.82, 2.24) is 0 Å². The second-order valence-corrected chi connectivity index (χ2v) is 2.58. The lowest BCUT2D eigenvalue weighted by Gasteiger charge is -1.99. The van der Waals surface area contributed by atoms with Crippen LogP contribution in [0.2, 0.25) is 0 Å². The van der Waals surface area contributed by atoms with Crippen LogP contribution >= 0.6 is 0 Å². The fourth-order valence-corrected chi connectivity index (χ4v) is 0.861.